The highest BCUT2D eigenvalue weighted by molar-refractivity contribution is 5.97. The molecular formula is C33H40F3N7O2. The number of nitrogen functional groups attached to an aromatic ring is 1. The molecule has 1 fully saturated rings. The molecule has 240 valence electrons. The SMILES string of the molecule is Cc1cccc2cccc(N3CCc4c(N)nc(OC[C@@H]5CC(F)(F)CN5C)nc4C3)c12.[C-]#[N+]C[C@@H](C)N(CC)C(=O)C(=C)F. The highest BCUT2D eigenvalue weighted by Gasteiger charge is 2.43. The molecule has 1 aromatic heterocycles. The van der Waals surface area contributed by atoms with Gasteiger partial charge in [0.1, 0.15) is 18.5 Å². The van der Waals surface area contributed by atoms with E-state index in [-0.39, 0.29) is 44.2 Å². The third-order valence-corrected chi connectivity index (χ3v) is 8.27. The number of likely N-dealkylation sites (tertiary alicyclic amines) is 1. The van der Waals surface area contributed by atoms with Crippen molar-refractivity contribution >= 4 is 28.2 Å². The summed E-state index contributed by atoms with van der Waals surface area (Å²) in [5, 5.41) is 2.44. The normalized spacial score (nSPS) is 17.9. The van der Waals surface area contributed by atoms with E-state index in [0.717, 1.165) is 24.2 Å². The molecule has 0 bridgehead atoms. The molecule has 3 aromatic rings. The monoisotopic (exact) mass is 623 g/mol. The number of amides is 1. The number of likely N-dealkylation sites (N-methyl/N-ethyl adjacent to an activating group) is 2. The molecule has 45 heavy (non-hydrogen) atoms. The van der Waals surface area contributed by atoms with Crippen LogP contribution < -0.4 is 15.4 Å². The van der Waals surface area contributed by atoms with E-state index in [0.29, 0.717) is 18.9 Å². The fourth-order valence-corrected chi connectivity index (χ4v) is 5.93. The first-order chi connectivity index (χ1) is 21.3. The first kappa shape index (κ1) is 33.5. The van der Waals surface area contributed by atoms with Gasteiger partial charge in [-0.05, 0) is 51.3 Å². The van der Waals surface area contributed by atoms with Crippen LogP contribution in [-0.4, -0.2) is 83.5 Å². The van der Waals surface area contributed by atoms with Crippen LogP contribution in [0.3, 0.4) is 0 Å². The number of hydrogen-bond acceptors (Lipinski definition) is 7. The van der Waals surface area contributed by atoms with Gasteiger partial charge in [0.15, 0.2) is 5.83 Å². The van der Waals surface area contributed by atoms with E-state index in [1.54, 1.807) is 25.8 Å². The number of carbonyl (C=O) groups is 1. The third-order valence-electron chi connectivity index (χ3n) is 8.27. The Bertz CT molecular complexity index is 1590. The standard InChI is InChI=1S/C24H27F2N5O.C9H13FN2O/c1-15-5-3-6-16-7-4-8-20(21(15)16)31-10-9-18-19(12-31)28-23(29-22(18)27)32-13-17-11-24(25,26)14-30(17)2;1-5-12(7(2)6-11-4)9(13)8(3)10/h3-8,17H,9-14H2,1-2H3,(H2,27,28,29);7H,3,5-6H2,1-2H3/t17-;7-/m01/s1. The van der Waals surface area contributed by atoms with Gasteiger partial charge in [-0.2, -0.15) is 9.97 Å². The van der Waals surface area contributed by atoms with Gasteiger partial charge in [0, 0.05) is 42.2 Å². The zero-order chi connectivity index (χ0) is 32.9. The average molecular weight is 624 g/mol. The number of nitrogens with two attached hydrogens (primary N) is 1. The Morgan fingerprint density at radius 1 is 1.29 bits per heavy atom. The summed E-state index contributed by atoms with van der Waals surface area (Å²) in [6.07, 6.45) is 0.513. The second-order valence-electron chi connectivity index (χ2n) is 11.6. The Hall–Kier alpha value is -4.37. The van der Waals surface area contributed by atoms with Gasteiger partial charge in [0.2, 0.25) is 6.54 Å². The molecule has 0 unspecified atom stereocenters. The third kappa shape index (κ3) is 7.84. The summed E-state index contributed by atoms with van der Waals surface area (Å²) in [7, 11) is 1.68. The van der Waals surface area contributed by atoms with Crippen LogP contribution in [0.5, 0.6) is 6.01 Å². The maximum atomic E-state index is 13.6. The van der Waals surface area contributed by atoms with Gasteiger partial charge in [-0.3, -0.25) is 9.69 Å². The van der Waals surface area contributed by atoms with Crippen molar-refractivity contribution in [3.05, 3.63) is 77.0 Å². The summed E-state index contributed by atoms with van der Waals surface area (Å²) in [5.41, 5.74) is 10.4. The fourth-order valence-electron chi connectivity index (χ4n) is 5.93. The summed E-state index contributed by atoms with van der Waals surface area (Å²) in [6, 6.07) is 12.2. The minimum absolute atomic E-state index is 0.108. The molecule has 1 amide bonds. The van der Waals surface area contributed by atoms with Crippen molar-refractivity contribution < 1.29 is 22.7 Å². The van der Waals surface area contributed by atoms with E-state index in [9.17, 15) is 18.0 Å². The topological polar surface area (TPSA) is 92.2 Å². The molecule has 2 atom stereocenters. The second-order valence-corrected chi connectivity index (χ2v) is 11.6. The predicted octanol–water partition coefficient (Wildman–Crippen LogP) is 5.43. The molecule has 0 spiro atoms. The van der Waals surface area contributed by atoms with E-state index in [4.69, 9.17) is 17.0 Å². The molecule has 0 aliphatic carbocycles. The van der Waals surface area contributed by atoms with Crippen molar-refractivity contribution in [2.24, 2.45) is 0 Å². The number of alkyl halides is 2. The number of hydrogen-bond donors (Lipinski definition) is 1. The second kappa shape index (κ2) is 14.2. The Morgan fingerprint density at radius 3 is 2.62 bits per heavy atom. The number of fused-ring (bicyclic) bond motifs is 2. The van der Waals surface area contributed by atoms with Gasteiger partial charge in [-0.1, -0.05) is 36.9 Å². The molecule has 2 aliphatic rings. The number of rotatable bonds is 8. The van der Waals surface area contributed by atoms with Crippen LogP contribution in [0.4, 0.5) is 24.7 Å². The molecule has 0 saturated carbocycles. The van der Waals surface area contributed by atoms with Crippen LogP contribution in [0.2, 0.25) is 0 Å². The van der Waals surface area contributed by atoms with Crippen LogP contribution in [0.25, 0.3) is 15.6 Å². The van der Waals surface area contributed by atoms with Gasteiger partial charge < -0.3 is 25.1 Å². The predicted molar refractivity (Wildman–Crippen MR) is 170 cm³/mol. The molecule has 1 saturated heterocycles. The van der Waals surface area contributed by atoms with Gasteiger partial charge in [0.05, 0.1) is 18.8 Å². The number of halogens is 3. The van der Waals surface area contributed by atoms with E-state index >= 15 is 0 Å². The Kier molecular flexibility index (Phi) is 10.5. The van der Waals surface area contributed by atoms with Crippen molar-refractivity contribution in [3.8, 4) is 6.01 Å². The van der Waals surface area contributed by atoms with Crippen molar-refractivity contribution in [2.75, 3.05) is 50.5 Å². The zero-order valence-electron chi connectivity index (χ0n) is 26.2. The van der Waals surface area contributed by atoms with Crippen LogP contribution >= 0.6 is 0 Å². The molecule has 2 aromatic carbocycles. The van der Waals surface area contributed by atoms with Crippen molar-refractivity contribution in [2.45, 2.75) is 58.2 Å². The molecule has 9 nitrogen and oxygen atoms in total. The van der Waals surface area contributed by atoms with E-state index < -0.39 is 17.7 Å². The van der Waals surface area contributed by atoms with Gasteiger partial charge in [-0.15, -0.1) is 0 Å². The smallest absolute Gasteiger partial charge is 0.318 e. The Morgan fingerprint density at radius 2 is 2.00 bits per heavy atom. The van der Waals surface area contributed by atoms with Gasteiger partial charge in [-0.25, -0.2) is 19.7 Å². The van der Waals surface area contributed by atoms with Crippen molar-refractivity contribution in [1.29, 1.82) is 0 Å². The summed E-state index contributed by atoms with van der Waals surface area (Å²) in [4.78, 5) is 28.4. The molecule has 2 aliphatic heterocycles. The number of carbonyl (C=O) groups excluding carboxylic acids is 1. The summed E-state index contributed by atoms with van der Waals surface area (Å²) >= 11 is 0. The van der Waals surface area contributed by atoms with Crippen molar-refractivity contribution in [1.82, 2.24) is 19.8 Å². The molecule has 2 N–H and O–H groups in total. The zero-order valence-corrected chi connectivity index (χ0v) is 26.2. The Labute approximate surface area is 262 Å². The lowest BCUT2D eigenvalue weighted by Gasteiger charge is -2.31. The highest BCUT2D eigenvalue weighted by Crippen LogP contribution is 2.34. The first-order valence-corrected chi connectivity index (χ1v) is 14.9. The maximum absolute atomic E-state index is 13.6. The largest absolute Gasteiger partial charge is 0.462 e. The maximum Gasteiger partial charge on any atom is 0.318 e. The molecular weight excluding hydrogens is 583 g/mol. The Balaban J connectivity index is 0.000000302. The van der Waals surface area contributed by atoms with Gasteiger partial charge >= 0.3 is 6.01 Å². The number of anilines is 2. The lowest BCUT2D eigenvalue weighted by Crippen LogP contribution is -2.40. The minimum Gasteiger partial charge on any atom is -0.462 e. The molecule has 0 radical (unpaired) electrons. The highest BCUT2D eigenvalue weighted by atomic mass is 19.3. The van der Waals surface area contributed by atoms with Crippen molar-refractivity contribution in [3.63, 3.8) is 0 Å². The lowest BCUT2D eigenvalue weighted by molar-refractivity contribution is -0.130. The quantitative estimate of drug-likeness (QED) is 0.265. The molecule has 5 rings (SSSR count). The van der Waals surface area contributed by atoms with E-state index in [1.807, 2.05) is 0 Å². The number of ether oxygens (including phenoxy) is 1. The van der Waals surface area contributed by atoms with E-state index in [1.165, 1.54) is 26.9 Å². The van der Waals surface area contributed by atoms with E-state index in [2.05, 4.69) is 69.6 Å². The van der Waals surface area contributed by atoms with Crippen LogP contribution in [-0.2, 0) is 17.8 Å². The lowest BCUT2D eigenvalue weighted by atomic mass is 10.00. The average Bonchev–Trinajstić information content (AvgIpc) is 3.27. The number of aromatic nitrogens is 2. The van der Waals surface area contributed by atoms with Gasteiger partial charge in [0.25, 0.3) is 11.8 Å². The number of benzene rings is 2. The molecule has 3 heterocycles. The van der Waals surface area contributed by atoms with Crippen LogP contribution in [0.1, 0.15) is 37.1 Å². The summed E-state index contributed by atoms with van der Waals surface area (Å²) < 4.78 is 45.5. The number of aryl methyl sites for hydroxylation is 1. The molecule has 12 heteroatoms. The summed E-state index contributed by atoms with van der Waals surface area (Å²) in [6.45, 7) is 17.0. The minimum atomic E-state index is -2.68. The van der Waals surface area contributed by atoms with Crippen LogP contribution in [0, 0.1) is 13.5 Å². The van der Waals surface area contributed by atoms with Crippen LogP contribution in [0.15, 0.2) is 48.8 Å². The summed E-state index contributed by atoms with van der Waals surface area (Å²) in [5.74, 6) is -3.98. The fraction of sp³-hybridized carbons (Fsp3) is 0.455. The number of nitrogens with zero attached hydrogens (tertiary/aromatic N) is 6. The first-order valence-electron chi connectivity index (χ1n) is 14.9.